The summed E-state index contributed by atoms with van der Waals surface area (Å²) in [6.45, 7) is 6.36. The molecule has 0 fully saturated rings. The molecule has 0 aliphatic heterocycles. The number of fused-ring (bicyclic) bond motifs is 3. The maximum Gasteiger partial charge on any atom is 0.182 e. The molecule has 0 aliphatic rings. The Morgan fingerprint density at radius 2 is 1.67 bits per heavy atom. The Kier molecular flexibility index (Phi) is 3.37. The van der Waals surface area contributed by atoms with Crippen LogP contribution in [0.2, 0.25) is 0 Å². The molecule has 0 amide bonds. The Morgan fingerprint density at radius 1 is 0.852 bits per heavy atom. The molecule has 0 radical (unpaired) electrons. The Balaban J connectivity index is 1.82. The lowest BCUT2D eigenvalue weighted by Crippen LogP contribution is -1.99. The van der Waals surface area contributed by atoms with Crippen LogP contribution in [0.15, 0.2) is 60.9 Å². The van der Waals surface area contributed by atoms with Crippen LogP contribution < -0.4 is 0 Å². The third-order valence-corrected chi connectivity index (χ3v) is 5.12. The topological polar surface area (TPSA) is 48.0 Å². The summed E-state index contributed by atoms with van der Waals surface area (Å²) in [6, 6.07) is 18.5. The van der Waals surface area contributed by atoms with Crippen LogP contribution in [0.3, 0.4) is 0 Å². The minimum absolute atomic E-state index is 0.713. The summed E-state index contributed by atoms with van der Waals surface area (Å²) in [5, 5.41) is 5.68. The number of aryl methyl sites for hydroxylation is 2. The highest BCUT2D eigenvalue weighted by atomic mass is 15.3. The fourth-order valence-corrected chi connectivity index (χ4v) is 3.65. The molecule has 2 aromatic carbocycles. The van der Waals surface area contributed by atoms with Crippen LogP contribution in [0, 0.1) is 20.8 Å². The fourth-order valence-electron chi connectivity index (χ4n) is 3.65. The predicted octanol–water partition coefficient (Wildman–Crippen LogP) is 4.66. The summed E-state index contributed by atoms with van der Waals surface area (Å²) in [5.74, 6) is 0.713. The largest absolute Gasteiger partial charge is 0.298 e. The third-order valence-electron chi connectivity index (χ3n) is 5.12. The summed E-state index contributed by atoms with van der Waals surface area (Å²) in [7, 11) is 0. The summed E-state index contributed by atoms with van der Waals surface area (Å²) in [4.78, 5) is 9.56. The molecule has 5 rings (SSSR count). The molecule has 5 aromatic rings. The Labute approximate surface area is 156 Å². The average molecular weight is 353 g/mol. The molecule has 27 heavy (non-hydrogen) atoms. The van der Waals surface area contributed by atoms with Crippen molar-refractivity contribution >= 4 is 16.7 Å². The highest BCUT2D eigenvalue weighted by Crippen LogP contribution is 2.30. The van der Waals surface area contributed by atoms with Crippen molar-refractivity contribution < 1.29 is 0 Å². The lowest BCUT2D eigenvalue weighted by Gasteiger charge is -2.08. The van der Waals surface area contributed by atoms with E-state index in [1.54, 1.807) is 10.8 Å². The minimum atomic E-state index is 0.713. The average Bonchev–Trinajstić information content (AvgIpc) is 3.22. The van der Waals surface area contributed by atoms with Crippen molar-refractivity contribution in [2.24, 2.45) is 0 Å². The van der Waals surface area contributed by atoms with E-state index in [0.29, 0.717) is 5.82 Å². The maximum absolute atomic E-state index is 4.84. The normalized spacial score (nSPS) is 11.5. The van der Waals surface area contributed by atoms with Gasteiger partial charge in [0, 0.05) is 16.9 Å². The van der Waals surface area contributed by atoms with Gasteiger partial charge >= 0.3 is 0 Å². The van der Waals surface area contributed by atoms with Crippen molar-refractivity contribution in [3.63, 3.8) is 0 Å². The van der Waals surface area contributed by atoms with Crippen molar-refractivity contribution in [1.82, 2.24) is 24.1 Å². The first-order chi connectivity index (χ1) is 13.1. The molecule has 0 N–H and O–H groups in total. The van der Waals surface area contributed by atoms with Gasteiger partial charge in [-0.2, -0.15) is 0 Å². The number of aromatic nitrogens is 5. The minimum Gasteiger partial charge on any atom is -0.298 e. The molecular weight excluding hydrogens is 334 g/mol. The van der Waals surface area contributed by atoms with Gasteiger partial charge in [-0.15, -0.1) is 5.10 Å². The van der Waals surface area contributed by atoms with Gasteiger partial charge in [0.1, 0.15) is 6.33 Å². The molecule has 0 unspecified atom stereocenters. The van der Waals surface area contributed by atoms with Crippen LogP contribution in [0.5, 0.6) is 0 Å². The Bertz CT molecular complexity index is 1300. The molecular formula is C22H19N5. The van der Waals surface area contributed by atoms with E-state index >= 15 is 0 Å². The molecule has 0 aliphatic carbocycles. The van der Waals surface area contributed by atoms with Gasteiger partial charge in [0.05, 0.1) is 5.39 Å². The van der Waals surface area contributed by atoms with E-state index in [9.17, 15) is 0 Å². The zero-order valence-electron chi connectivity index (χ0n) is 15.5. The molecule has 0 saturated carbocycles. The maximum atomic E-state index is 4.84. The van der Waals surface area contributed by atoms with Gasteiger partial charge in [-0.3, -0.25) is 4.57 Å². The molecule has 0 bridgehead atoms. The molecule has 0 spiro atoms. The first kappa shape index (κ1) is 15.8. The first-order valence-corrected chi connectivity index (χ1v) is 8.99. The zero-order chi connectivity index (χ0) is 18.5. The van der Waals surface area contributed by atoms with Crippen LogP contribution in [-0.2, 0) is 0 Å². The second-order valence-electron chi connectivity index (χ2n) is 6.90. The standard InChI is InChI=1S/C22H19N5/c1-14-8-7-11-18(12-14)27-16(3)15(2)19-21(27)23-13-26-22(19)24-20(25-26)17-9-5-4-6-10-17/h4-13H,1-3H3. The second kappa shape index (κ2) is 5.77. The van der Waals surface area contributed by atoms with Crippen molar-refractivity contribution in [2.45, 2.75) is 20.8 Å². The van der Waals surface area contributed by atoms with Gasteiger partial charge in [-0.25, -0.2) is 14.5 Å². The highest BCUT2D eigenvalue weighted by Gasteiger charge is 2.19. The van der Waals surface area contributed by atoms with Crippen molar-refractivity contribution in [1.29, 1.82) is 0 Å². The van der Waals surface area contributed by atoms with Gasteiger partial charge in [-0.1, -0.05) is 42.5 Å². The number of benzene rings is 2. The number of hydrogen-bond acceptors (Lipinski definition) is 3. The number of hydrogen-bond donors (Lipinski definition) is 0. The summed E-state index contributed by atoms with van der Waals surface area (Å²) in [5.41, 5.74) is 7.44. The van der Waals surface area contributed by atoms with E-state index in [1.807, 2.05) is 30.3 Å². The van der Waals surface area contributed by atoms with Crippen LogP contribution in [0.1, 0.15) is 16.8 Å². The lowest BCUT2D eigenvalue weighted by molar-refractivity contribution is 0.926. The van der Waals surface area contributed by atoms with Crippen LogP contribution in [0.25, 0.3) is 33.8 Å². The van der Waals surface area contributed by atoms with Gasteiger partial charge in [-0.05, 0) is 44.0 Å². The van der Waals surface area contributed by atoms with Crippen LogP contribution >= 0.6 is 0 Å². The zero-order valence-corrected chi connectivity index (χ0v) is 15.5. The fraction of sp³-hybridized carbons (Fsp3) is 0.136. The van der Waals surface area contributed by atoms with E-state index in [1.165, 1.54) is 16.8 Å². The Morgan fingerprint density at radius 3 is 2.44 bits per heavy atom. The molecule has 3 heterocycles. The molecule has 5 nitrogen and oxygen atoms in total. The molecule has 5 heteroatoms. The van der Waals surface area contributed by atoms with E-state index in [-0.39, 0.29) is 0 Å². The van der Waals surface area contributed by atoms with Crippen molar-refractivity contribution in [3.8, 4) is 17.1 Å². The van der Waals surface area contributed by atoms with E-state index < -0.39 is 0 Å². The van der Waals surface area contributed by atoms with E-state index in [2.05, 4.69) is 54.7 Å². The summed E-state index contributed by atoms with van der Waals surface area (Å²) >= 11 is 0. The molecule has 0 saturated heterocycles. The summed E-state index contributed by atoms with van der Waals surface area (Å²) < 4.78 is 3.98. The predicted molar refractivity (Wildman–Crippen MR) is 107 cm³/mol. The SMILES string of the molecule is Cc1cccc(-n2c(C)c(C)c3c2ncn2nc(-c4ccccc4)nc32)c1. The third kappa shape index (κ3) is 2.35. The van der Waals surface area contributed by atoms with Crippen molar-refractivity contribution in [3.05, 3.63) is 77.7 Å². The number of rotatable bonds is 2. The van der Waals surface area contributed by atoms with E-state index in [4.69, 9.17) is 9.97 Å². The number of nitrogens with zero attached hydrogens (tertiary/aromatic N) is 5. The molecule has 0 atom stereocenters. The quantitative estimate of drug-likeness (QED) is 0.464. The smallest absolute Gasteiger partial charge is 0.182 e. The first-order valence-electron chi connectivity index (χ1n) is 8.99. The summed E-state index contributed by atoms with van der Waals surface area (Å²) in [6.07, 6.45) is 1.75. The molecule has 132 valence electrons. The Hall–Kier alpha value is -3.47. The lowest BCUT2D eigenvalue weighted by atomic mass is 10.2. The van der Waals surface area contributed by atoms with Gasteiger partial charge in [0.15, 0.2) is 17.1 Å². The van der Waals surface area contributed by atoms with Crippen LogP contribution in [0.4, 0.5) is 0 Å². The van der Waals surface area contributed by atoms with Gasteiger partial charge < -0.3 is 0 Å². The van der Waals surface area contributed by atoms with Crippen LogP contribution in [-0.4, -0.2) is 24.1 Å². The monoisotopic (exact) mass is 353 g/mol. The molecule has 3 aromatic heterocycles. The van der Waals surface area contributed by atoms with Crippen molar-refractivity contribution in [2.75, 3.05) is 0 Å². The van der Waals surface area contributed by atoms with E-state index in [0.717, 1.165) is 27.9 Å². The van der Waals surface area contributed by atoms with Gasteiger partial charge in [0.25, 0.3) is 0 Å². The van der Waals surface area contributed by atoms with Gasteiger partial charge in [0.2, 0.25) is 0 Å². The highest BCUT2D eigenvalue weighted by molar-refractivity contribution is 5.95. The second-order valence-corrected chi connectivity index (χ2v) is 6.90.